The largest absolute Gasteiger partial charge is 0.674 e. The summed E-state index contributed by atoms with van der Waals surface area (Å²) in [6.07, 6.45) is 0. The van der Waals surface area contributed by atoms with Crippen LogP contribution in [-0.4, -0.2) is 0 Å². The molecule has 0 saturated heterocycles. The smallest absolute Gasteiger partial charge is 0.0608 e. The molecule has 212 valence electrons. The second-order valence-corrected chi connectivity index (χ2v) is 9.57. The van der Waals surface area contributed by atoms with Crippen molar-refractivity contribution in [3.63, 3.8) is 0 Å². The first kappa shape index (κ1) is 42.5. The minimum atomic E-state index is 0.390. The van der Waals surface area contributed by atoms with Crippen LogP contribution >= 0.6 is 18.6 Å². The molecular formula is C34H46Cl2N2Ti2+2. The predicted octanol–water partition coefficient (Wildman–Crippen LogP) is 11.8. The molecule has 0 heterocycles. The van der Waals surface area contributed by atoms with Gasteiger partial charge in [-0.25, -0.2) is 0 Å². The van der Waals surface area contributed by atoms with Gasteiger partial charge in [0.2, 0.25) is 0 Å². The molecule has 2 aliphatic rings. The first-order chi connectivity index (χ1) is 19.0. The van der Waals surface area contributed by atoms with Gasteiger partial charge in [0.15, 0.2) is 0 Å². The van der Waals surface area contributed by atoms with Gasteiger partial charge in [-0.15, -0.1) is 13.1 Å². The molecule has 0 bridgehead atoms. The van der Waals surface area contributed by atoms with Crippen molar-refractivity contribution in [3.8, 4) is 0 Å². The van der Waals surface area contributed by atoms with Crippen LogP contribution in [0.25, 0.3) is 11.5 Å². The minimum absolute atomic E-state index is 0.390. The van der Waals surface area contributed by atoms with E-state index in [0.717, 1.165) is 11.1 Å². The van der Waals surface area contributed by atoms with Crippen LogP contribution in [0.2, 0.25) is 0 Å². The van der Waals surface area contributed by atoms with Crippen LogP contribution in [0.4, 0.5) is 0 Å². The van der Waals surface area contributed by atoms with Crippen LogP contribution < -0.4 is 0 Å². The van der Waals surface area contributed by atoms with E-state index in [1.54, 1.807) is 0 Å². The van der Waals surface area contributed by atoms with Crippen molar-refractivity contribution < 1.29 is 38.7 Å². The maximum Gasteiger partial charge on any atom is -0.0608 e. The maximum atomic E-state index is 6.94. The van der Waals surface area contributed by atoms with Crippen molar-refractivity contribution in [1.29, 1.82) is 0 Å². The van der Waals surface area contributed by atoms with Gasteiger partial charge in [-0.3, -0.25) is 0 Å². The van der Waals surface area contributed by atoms with Gasteiger partial charge < -0.3 is 11.5 Å². The third-order valence-corrected chi connectivity index (χ3v) is 7.72. The van der Waals surface area contributed by atoms with Crippen molar-refractivity contribution in [2.45, 2.75) is 82.3 Å². The van der Waals surface area contributed by atoms with E-state index in [2.05, 4.69) is 87.8 Å². The summed E-state index contributed by atoms with van der Waals surface area (Å²) >= 11 is 2.94. The molecular weight excluding hydrogens is 603 g/mol. The van der Waals surface area contributed by atoms with Gasteiger partial charge in [-0.1, -0.05) is 141 Å². The van der Waals surface area contributed by atoms with Crippen LogP contribution in [0.3, 0.4) is 0 Å². The van der Waals surface area contributed by atoms with Crippen LogP contribution in [0, 0.1) is 59.2 Å². The Bertz CT molecular complexity index is 668. The third kappa shape index (κ3) is 14.7. The van der Waals surface area contributed by atoms with Crippen molar-refractivity contribution in [2.24, 2.45) is 0 Å². The molecule has 2 saturated carbocycles. The maximum absolute atomic E-state index is 6.94. The Morgan fingerprint density at radius 3 is 0.675 bits per heavy atom. The fourth-order valence-corrected chi connectivity index (χ4v) is 4.00. The minimum Gasteiger partial charge on any atom is -0.674 e. The molecule has 2 aromatic carbocycles. The number of halogens is 2. The van der Waals surface area contributed by atoms with E-state index >= 15 is 0 Å². The van der Waals surface area contributed by atoms with Gasteiger partial charge in [-0.2, -0.15) is 0 Å². The van der Waals surface area contributed by atoms with Gasteiger partial charge in [-0.05, 0) is 59.2 Å². The Labute approximate surface area is 280 Å². The average molecular weight is 649 g/mol. The number of nitrogens with one attached hydrogen (secondary N) is 2. The second-order valence-electron chi connectivity index (χ2n) is 9.57. The quantitative estimate of drug-likeness (QED) is 0.291. The zero-order chi connectivity index (χ0) is 31.4. The Hall–Kier alpha value is 0.369. The molecule has 0 aromatic heterocycles. The molecule has 10 radical (unpaired) electrons. The molecule has 2 nitrogen and oxygen atoms in total. The van der Waals surface area contributed by atoms with Crippen LogP contribution in [0.1, 0.15) is 80.4 Å². The molecule has 0 amide bonds. The summed E-state index contributed by atoms with van der Waals surface area (Å²) in [5.74, 6) is 14.7. The molecule has 40 heavy (non-hydrogen) atoms. The van der Waals surface area contributed by atoms with Gasteiger partial charge in [0, 0.05) is 0 Å². The Kier molecular flexibility index (Phi) is 26.3. The summed E-state index contributed by atoms with van der Waals surface area (Å²) in [6.45, 7) is 22.8. The fourth-order valence-electron chi connectivity index (χ4n) is 4.00. The van der Waals surface area contributed by atoms with Crippen LogP contribution in [-0.2, 0) is 51.8 Å². The molecule has 2 N–H and O–H groups in total. The van der Waals surface area contributed by atoms with Crippen molar-refractivity contribution >= 4 is 18.6 Å². The SMILES string of the molecule is C[C]1[C](C)[C](C)[C](C)[C]1C.C[C]1[C](C)[C](C)[C](C)[C]1C.[Cl][Ti+3].[Cl][Ti+].[NH-]Cc1ccccc1.[NH-]Cc1ccccc1. The van der Waals surface area contributed by atoms with Crippen LogP contribution in [0.15, 0.2) is 60.7 Å². The van der Waals surface area contributed by atoms with E-state index in [1.165, 1.54) is 97.9 Å². The van der Waals surface area contributed by atoms with E-state index < -0.39 is 0 Å². The standard InChI is InChI=1S/2C10H15.2C7H8N.2ClH.2Ti/c2*1-6-7(2)9(4)10(5)8(6)3;2*8-6-7-4-2-1-3-5-7;;;;/h2*1-5H3;2*1-5,8H,6H2;2*1H;;/q;;2*-1;;;+2;+4/p-2. The van der Waals surface area contributed by atoms with Crippen molar-refractivity contribution in [2.75, 3.05) is 0 Å². The molecule has 2 aromatic rings. The zero-order valence-corrected chi connectivity index (χ0v) is 30.6. The summed E-state index contributed by atoms with van der Waals surface area (Å²) in [4.78, 5) is 0. The summed E-state index contributed by atoms with van der Waals surface area (Å²) in [5, 5.41) is 0. The third-order valence-electron chi connectivity index (χ3n) is 7.72. The summed E-state index contributed by atoms with van der Waals surface area (Å²) in [5.41, 5.74) is 16.0. The van der Waals surface area contributed by atoms with Crippen molar-refractivity contribution in [3.05, 3.63) is 142 Å². The molecule has 2 aliphatic carbocycles. The molecule has 2 fully saturated rings. The first-order valence-electron chi connectivity index (χ1n) is 13.1. The number of rotatable bonds is 2. The topological polar surface area (TPSA) is 47.6 Å². The zero-order valence-electron chi connectivity index (χ0n) is 25.9. The first-order valence-corrected chi connectivity index (χ1v) is 17.4. The van der Waals surface area contributed by atoms with E-state index in [4.69, 9.17) is 11.5 Å². The van der Waals surface area contributed by atoms with Gasteiger partial charge >= 0.3 is 57.4 Å². The Morgan fingerprint density at radius 1 is 0.425 bits per heavy atom. The number of benzene rings is 2. The number of hydrogen-bond donors (Lipinski definition) is 0. The van der Waals surface area contributed by atoms with E-state index in [9.17, 15) is 0 Å². The molecule has 0 spiro atoms. The molecule has 4 rings (SSSR count). The fraction of sp³-hybridized carbons (Fsp3) is 0.353. The van der Waals surface area contributed by atoms with Crippen LogP contribution in [0.5, 0.6) is 0 Å². The molecule has 0 unspecified atom stereocenters. The van der Waals surface area contributed by atoms with Crippen molar-refractivity contribution in [1.82, 2.24) is 0 Å². The van der Waals surface area contributed by atoms with Gasteiger partial charge in [0.05, 0.1) is 0 Å². The molecule has 0 aliphatic heterocycles. The second kappa shape index (κ2) is 24.8. The summed E-state index contributed by atoms with van der Waals surface area (Å²) in [6, 6.07) is 19.5. The van der Waals surface area contributed by atoms with E-state index in [0.29, 0.717) is 13.1 Å². The van der Waals surface area contributed by atoms with Gasteiger partial charge in [0.25, 0.3) is 0 Å². The summed E-state index contributed by atoms with van der Waals surface area (Å²) in [7, 11) is 9.28. The predicted molar refractivity (Wildman–Crippen MR) is 170 cm³/mol. The molecule has 6 heteroatoms. The number of hydrogen-bond acceptors (Lipinski definition) is 0. The average Bonchev–Trinajstić information content (AvgIpc) is 3.30. The molecule has 0 atom stereocenters. The Balaban J connectivity index is 0. The monoisotopic (exact) mass is 648 g/mol. The normalized spacial score (nSPS) is 18.2. The van der Waals surface area contributed by atoms with Gasteiger partial charge in [0.1, 0.15) is 0 Å². The summed E-state index contributed by atoms with van der Waals surface area (Å²) < 4.78 is 0. The Morgan fingerprint density at radius 2 is 0.575 bits per heavy atom. The van der Waals surface area contributed by atoms with E-state index in [-0.39, 0.29) is 0 Å². The van der Waals surface area contributed by atoms with E-state index in [1.807, 2.05) is 60.7 Å².